The molecular weight excluding hydrogens is 591 g/mol. The number of ketones is 1. The summed E-state index contributed by atoms with van der Waals surface area (Å²) in [6.07, 6.45) is 3.51. The van der Waals surface area contributed by atoms with Gasteiger partial charge >= 0.3 is 5.97 Å². The second kappa shape index (κ2) is 11.9. The van der Waals surface area contributed by atoms with Crippen molar-refractivity contribution in [1.29, 1.82) is 0 Å². The summed E-state index contributed by atoms with van der Waals surface area (Å²) in [7, 11) is 0. The Bertz CT molecular complexity index is 1680. The molecule has 1 aliphatic heterocycles. The fraction of sp³-hybridized carbons (Fsp3) is 0.103. The van der Waals surface area contributed by atoms with Crippen molar-refractivity contribution in [2.45, 2.75) is 12.5 Å². The van der Waals surface area contributed by atoms with Crippen LogP contribution in [-0.2, 0) is 16.0 Å². The molecule has 4 aromatic rings. The first-order valence-electron chi connectivity index (χ1n) is 12.0. The number of fused-ring (bicyclic) bond motifs is 1. The average molecular weight is 612 g/mol. The van der Waals surface area contributed by atoms with Crippen LogP contribution in [0.1, 0.15) is 21.5 Å². The van der Waals surface area contributed by atoms with Crippen LogP contribution in [0.3, 0.4) is 0 Å². The monoisotopic (exact) mass is 610 g/mol. The zero-order valence-electron chi connectivity index (χ0n) is 20.6. The minimum atomic E-state index is -1.15. The second-order valence-corrected chi connectivity index (χ2v) is 11.4. The van der Waals surface area contributed by atoms with Gasteiger partial charge in [-0.25, -0.2) is 4.79 Å². The zero-order chi connectivity index (χ0) is 28.4. The number of thioether (sulfide) groups is 1. The van der Waals surface area contributed by atoms with Gasteiger partial charge in [-0.3, -0.25) is 14.5 Å². The van der Waals surface area contributed by atoms with Gasteiger partial charge in [0.05, 0.1) is 9.93 Å². The first-order valence-corrected chi connectivity index (χ1v) is 14.0. The molecule has 1 fully saturated rings. The Hall–Kier alpha value is -3.63. The fourth-order valence-corrected chi connectivity index (χ4v) is 6.17. The van der Waals surface area contributed by atoms with Gasteiger partial charge in [0, 0.05) is 34.1 Å². The highest BCUT2D eigenvalue weighted by Crippen LogP contribution is 2.35. The van der Waals surface area contributed by atoms with Crippen molar-refractivity contribution in [2.75, 3.05) is 6.61 Å². The molecule has 1 saturated heterocycles. The van der Waals surface area contributed by atoms with E-state index in [4.69, 9.17) is 40.2 Å². The highest BCUT2D eigenvalue weighted by molar-refractivity contribution is 8.26. The smallest absolute Gasteiger partial charge is 0.327 e. The maximum absolute atomic E-state index is 13.3. The van der Waals surface area contributed by atoms with Crippen LogP contribution in [0.25, 0.3) is 17.0 Å². The van der Waals surface area contributed by atoms with Crippen molar-refractivity contribution in [3.05, 3.63) is 105 Å². The number of carbonyl (C=O) groups is 3. The predicted octanol–water partition coefficient (Wildman–Crippen LogP) is 6.63. The molecule has 1 amide bonds. The van der Waals surface area contributed by atoms with E-state index < -0.39 is 17.9 Å². The number of aliphatic carboxylic acids is 1. The molecule has 1 aliphatic rings. The molecule has 40 heavy (non-hydrogen) atoms. The van der Waals surface area contributed by atoms with E-state index in [9.17, 15) is 19.5 Å². The lowest BCUT2D eigenvalue weighted by Gasteiger charge is -2.23. The highest BCUT2D eigenvalue weighted by Gasteiger charge is 2.40. The van der Waals surface area contributed by atoms with Crippen LogP contribution in [0, 0.1) is 0 Å². The number of H-pyrrole nitrogens is 1. The molecule has 0 radical (unpaired) electrons. The van der Waals surface area contributed by atoms with Crippen molar-refractivity contribution < 1.29 is 24.2 Å². The van der Waals surface area contributed by atoms with Crippen LogP contribution in [0.2, 0.25) is 10.0 Å². The van der Waals surface area contributed by atoms with Crippen molar-refractivity contribution >= 4 is 86.1 Å². The van der Waals surface area contributed by atoms with E-state index in [-0.39, 0.29) is 28.2 Å². The molecule has 5 rings (SSSR count). The van der Waals surface area contributed by atoms with Gasteiger partial charge < -0.3 is 14.8 Å². The van der Waals surface area contributed by atoms with E-state index in [0.717, 1.165) is 28.2 Å². The number of nitrogens with one attached hydrogen (secondary N) is 1. The Morgan fingerprint density at radius 3 is 2.58 bits per heavy atom. The number of carboxylic acids is 1. The van der Waals surface area contributed by atoms with Crippen LogP contribution < -0.4 is 4.74 Å². The molecule has 202 valence electrons. The number of carbonyl (C=O) groups excluding carboxylic acids is 2. The number of benzene rings is 3. The summed E-state index contributed by atoms with van der Waals surface area (Å²) < 4.78 is 5.78. The Morgan fingerprint density at radius 2 is 1.85 bits per heavy atom. The maximum atomic E-state index is 13.3. The minimum absolute atomic E-state index is 0.102. The number of hydrogen-bond donors (Lipinski definition) is 2. The standard InChI is InChI=1S/C29H20Cl2N2O5S2/c30-18-7-10-21(22(31)13-18)25(34)15-38-19-8-5-16(6-9-19)11-26-27(35)33(29(39)40-26)24(28(36)37)12-17-14-32-23-4-2-1-3-20(17)23/h1-11,13-14,24,32H,12,15H2,(H,36,37)/b26-11-/t24-/m0/s1. The number of amides is 1. The summed E-state index contributed by atoms with van der Waals surface area (Å²) in [5.41, 5.74) is 2.67. The van der Waals surface area contributed by atoms with Gasteiger partial charge in [-0.1, -0.05) is 77.5 Å². The third kappa shape index (κ3) is 5.93. The van der Waals surface area contributed by atoms with E-state index >= 15 is 0 Å². The van der Waals surface area contributed by atoms with Crippen LogP contribution in [0.5, 0.6) is 5.75 Å². The number of halogens is 2. The summed E-state index contributed by atoms with van der Waals surface area (Å²) in [6.45, 7) is -0.216. The molecule has 2 heterocycles. The number of hydrogen-bond acceptors (Lipinski definition) is 6. The van der Waals surface area contributed by atoms with Gasteiger partial charge in [0.25, 0.3) is 5.91 Å². The number of ether oxygens (including phenoxy) is 1. The van der Waals surface area contributed by atoms with Gasteiger partial charge in [0.15, 0.2) is 6.61 Å². The van der Waals surface area contributed by atoms with Gasteiger partial charge in [-0.15, -0.1) is 0 Å². The Balaban J connectivity index is 1.27. The molecular formula is C29H20Cl2N2O5S2. The van der Waals surface area contributed by atoms with E-state index in [0.29, 0.717) is 26.8 Å². The Morgan fingerprint density at radius 1 is 1.10 bits per heavy atom. The Kier molecular flexibility index (Phi) is 8.27. The average Bonchev–Trinajstić information content (AvgIpc) is 3.46. The second-order valence-electron chi connectivity index (χ2n) is 8.87. The molecule has 11 heteroatoms. The molecule has 2 N–H and O–H groups in total. The number of para-hydroxylation sites is 1. The summed E-state index contributed by atoms with van der Waals surface area (Å²) in [5, 5.41) is 11.6. The molecule has 3 aromatic carbocycles. The summed E-state index contributed by atoms with van der Waals surface area (Å²) in [4.78, 5) is 42.6. The number of thiocarbonyl (C=S) groups is 1. The molecule has 0 aliphatic carbocycles. The fourth-order valence-electron chi connectivity index (χ4n) is 4.30. The molecule has 1 aromatic heterocycles. The van der Waals surface area contributed by atoms with Gasteiger partial charge in [0.2, 0.25) is 5.78 Å². The van der Waals surface area contributed by atoms with Gasteiger partial charge in [0.1, 0.15) is 16.1 Å². The van der Waals surface area contributed by atoms with Crippen LogP contribution in [0.15, 0.2) is 77.8 Å². The van der Waals surface area contributed by atoms with Crippen LogP contribution >= 0.6 is 47.2 Å². The molecule has 1 atom stereocenters. The molecule has 0 bridgehead atoms. The summed E-state index contributed by atoms with van der Waals surface area (Å²) in [6, 6.07) is 17.8. The van der Waals surface area contributed by atoms with Gasteiger partial charge in [-0.05, 0) is 53.6 Å². The quantitative estimate of drug-likeness (QED) is 0.125. The first kappa shape index (κ1) is 27.9. The largest absolute Gasteiger partial charge is 0.485 e. The minimum Gasteiger partial charge on any atom is -0.485 e. The summed E-state index contributed by atoms with van der Waals surface area (Å²) in [5.74, 6) is -1.45. The maximum Gasteiger partial charge on any atom is 0.327 e. The first-order chi connectivity index (χ1) is 19.2. The number of carboxylic acid groups (broad SMARTS) is 1. The third-order valence-electron chi connectivity index (χ3n) is 6.29. The predicted molar refractivity (Wildman–Crippen MR) is 161 cm³/mol. The SMILES string of the molecule is O=C(COc1ccc(/C=C2\SC(=S)N([C@@H](Cc3c[nH]c4ccccc34)C(=O)O)C2=O)cc1)c1ccc(Cl)cc1Cl. The van der Waals surface area contributed by atoms with Crippen molar-refractivity contribution in [3.63, 3.8) is 0 Å². The topological polar surface area (TPSA) is 99.7 Å². The van der Waals surface area contributed by atoms with E-state index in [2.05, 4.69) is 4.98 Å². The number of Topliss-reactive ketones (excluding diaryl/α,β-unsaturated/α-hetero) is 1. The van der Waals surface area contributed by atoms with E-state index in [1.165, 1.54) is 11.0 Å². The van der Waals surface area contributed by atoms with Gasteiger partial charge in [-0.2, -0.15) is 0 Å². The third-order valence-corrected chi connectivity index (χ3v) is 8.17. The number of nitrogens with zero attached hydrogens (tertiary/aromatic N) is 1. The van der Waals surface area contributed by atoms with Crippen molar-refractivity contribution in [1.82, 2.24) is 9.88 Å². The van der Waals surface area contributed by atoms with Crippen molar-refractivity contribution in [3.8, 4) is 5.75 Å². The van der Waals surface area contributed by atoms with Crippen LogP contribution in [-0.4, -0.2) is 49.6 Å². The van der Waals surface area contributed by atoms with Crippen LogP contribution in [0.4, 0.5) is 0 Å². The number of aromatic nitrogens is 1. The molecule has 0 spiro atoms. The normalized spacial score (nSPS) is 15.2. The lowest BCUT2D eigenvalue weighted by Crippen LogP contribution is -2.45. The molecule has 0 unspecified atom stereocenters. The van der Waals surface area contributed by atoms with E-state index in [1.54, 1.807) is 48.7 Å². The van der Waals surface area contributed by atoms with E-state index in [1.807, 2.05) is 24.3 Å². The lowest BCUT2D eigenvalue weighted by molar-refractivity contribution is -0.145. The number of rotatable bonds is 9. The molecule has 7 nitrogen and oxygen atoms in total. The van der Waals surface area contributed by atoms with Crippen molar-refractivity contribution in [2.24, 2.45) is 0 Å². The highest BCUT2D eigenvalue weighted by atomic mass is 35.5. The number of aromatic amines is 1. The molecule has 0 saturated carbocycles. The Labute approximate surface area is 248 Å². The zero-order valence-corrected chi connectivity index (χ0v) is 23.7. The summed E-state index contributed by atoms with van der Waals surface area (Å²) >= 11 is 18.5. The lowest BCUT2D eigenvalue weighted by atomic mass is 10.0.